The molecule has 0 aromatic heterocycles. The summed E-state index contributed by atoms with van der Waals surface area (Å²) >= 11 is 3.47. The van der Waals surface area contributed by atoms with E-state index in [0.29, 0.717) is 6.42 Å². The van der Waals surface area contributed by atoms with Crippen LogP contribution >= 0.6 is 15.9 Å². The molecule has 5 heteroatoms. The molecule has 14 heavy (non-hydrogen) atoms. The van der Waals surface area contributed by atoms with Gasteiger partial charge in [-0.25, -0.2) is 8.42 Å². The van der Waals surface area contributed by atoms with E-state index in [1.165, 1.54) is 6.26 Å². The van der Waals surface area contributed by atoms with Crippen LogP contribution in [0.2, 0.25) is 0 Å². The fraction of sp³-hybridized carbons (Fsp3) is 1.00. The number of hydrogen-bond donors (Lipinski definition) is 0. The molecule has 1 aliphatic heterocycles. The second-order valence-corrected chi connectivity index (χ2v) is 6.96. The summed E-state index contributed by atoms with van der Waals surface area (Å²) in [6.07, 6.45) is 3.09. The van der Waals surface area contributed by atoms with Crippen molar-refractivity contribution in [2.75, 3.05) is 23.9 Å². The highest BCUT2D eigenvalue weighted by Crippen LogP contribution is 2.40. The molecule has 1 heterocycles. The van der Waals surface area contributed by atoms with Gasteiger partial charge in [-0.15, -0.1) is 0 Å². The monoisotopic (exact) mass is 284 g/mol. The van der Waals surface area contributed by atoms with Gasteiger partial charge in [0.05, 0.1) is 11.9 Å². The molecule has 1 aliphatic rings. The minimum Gasteiger partial charge on any atom is -0.378 e. The van der Waals surface area contributed by atoms with Crippen molar-refractivity contribution in [3.63, 3.8) is 0 Å². The van der Waals surface area contributed by atoms with Crippen molar-refractivity contribution in [1.29, 1.82) is 0 Å². The zero-order valence-electron chi connectivity index (χ0n) is 8.62. The van der Waals surface area contributed by atoms with E-state index in [1.807, 2.05) is 6.92 Å². The smallest absolute Gasteiger partial charge is 0.147 e. The Morgan fingerprint density at radius 2 is 2.21 bits per heavy atom. The van der Waals surface area contributed by atoms with Crippen molar-refractivity contribution in [2.24, 2.45) is 5.41 Å². The number of rotatable bonds is 4. The van der Waals surface area contributed by atoms with Crippen LogP contribution in [0.4, 0.5) is 0 Å². The Hall–Kier alpha value is 0.390. The van der Waals surface area contributed by atoms with Crippen LogP contribution in [0.5, 0.6) is 0 Å². The van der Waals surface area contributed by atoms with Crippen molar-refractivity contribution in [3.8, 4) is 0 Å². The molecule has 3 nitrogen and oxygen atoms in total. The highest BCUT2D eigenvalue weighted by atomic mass is 79.9. The summed E-state index contributed by atoms with van der Waals surface area (Å²) in [4.78, 5) is 0. The Morgan fingerprint density at radius 3 is 2.57 bits per heavy atom. The summed E-state index contributed by atoms with van der Waals surface area (Å²) in [5, 5.41) is 0.816. The highest BCUT2D eigenvalue weighted by Gasteiger charge is 2.40. The summed E-state index contributed by atoms with van der Waals surface area (Å²) in [6.45, 7) is 2.77. The van der Waals surface area contributed by atoms with Gasteiger partial charge in [-0.3, -0.25) is 0 Å². The van der Waals surface area contributed by atoms with Gasteiger partial charge < -0.3 is 4.74 Å². The van der Waals surface area contributed by atoms with E-state index in [0.717, 1.165) is 18.4 Å². The maximum atomic E-state index is 11.1. The molecule has 0 amide bonds. The molecular weight excluding hydrogens is 268 g/mol. The van der Waals surface area contributed by atoms with Gasteiger partial charge in [0.15, 0.2) is 0 Å². The molecule has 0 N–H and O–H groups in total. The number of halogens is 1. The second kappa shape index (κ2) is 4.49. The first-order valence-corrected chi connectivity index (χ1v) is 7.93. The van der Waals surface area contributed by atoms with Crippen LogP contribution in [0, 0.1) is 5.41 Å². The normalized spacial score (nSPS) is 33.5. The van der Waals surface area contributed by atoms with Crippen molar-refractivity contribution in [1.82, 2.24) is 0 Å². The lowest BCUT2D eigenvalue weighted by atomic mass is 9.81. The molecule has 1 fully saturated rings. The number of alkyl halides is 1. The number of hydrogen-bond acceptors (Lipinski definition) is 3. The minimum atomic E-state index is -2.86. The molecular formula is C9H17BrO3S. The molecule has 0 saturated carbocycles. The zero-order valence-corrected chi connectivity index (χ0v) is 11.0. The number of ether oxygens (including phenoxy) is 1. The third-order valence-electron chi connectivity index (χ3n) is 3.07. The Labute approximate surface area is 94.3 Å². The van der Waals surface area contributed by atoms with Crippen LogP contribution in [0.25, 0.3) is 0 Å². The average molecular weight is 285 g/mol. The Balaban J connectivity index is 2.63. The molecule has 0 aromatic rings. The van der Waals surface area contributed by atoms with E-state index >= 15 is 0 Å². The molecule has 2 unspecified atom stereocenters. The van der Waals surface area contributed by atoms with E-state index in [9.17, 15) is 8.42 Å². The third-order valence-corrected chi connectivity index (χ3v) is 5.13. The zero-order chi connectivity index (χ0) is 10.8. The molecule has 1 saturated heterocycles. The molecule has 0 spiro atoms. The highest BCUT2D eigenvalue weighted by molar-refractivity contribution is 9.09. The second-order valence-electron chi connectivity index (χ2n) is 4.14. The van der Waals surface area contributed by atoms with E-state index in [2.05, 4.69) is 15.9 Å². The van der Waals surface area contributed by atoms with Gasteiger partial charge in [0.25, 0.3) is 0 Å². The summed E-state index contributed by atoms with van der Waals surface area (Å²) in [7, 11) is -2.86. The standard InChI is InChI=1S/C9H17BrO3S/c1-8-9(7-10,3-5-13-8)4-6-14(2,11)12/h8H,3-7H2,1-2H3. The fourth-order valence-corrected chi connectivity index (χ4v) is 3.57. The topological polar surface area (TPSA) is 43.4 Å². The quantitative estimate of drug-likeness (QED) is 0.737. The van der Waals surface area contributed by atoms with Gasteiger partial charge in [0, 0.05) is 23.6 Å². The summed E-state index contributed by atoms with van der Waals surface area (Å²) < 4.78 is 27.7. The molecule has 0 aliphatic carbocycles. The molecule has 0 bridgehead atoms. The van der Waals surface area contributed by atoms with E-state index < -0.39 is 9.84 Å². The molecule has 1 rings (SSSR count). The van der Waals surface area contributed by atoms with Crippen molar-refractivity contribution in [2.45, 2.75) is 25.9 Å². The summed E-state index contributed by atoms with van der Waals surface area (Å²) in [5.41, 5.74) is 0.0169. The Kier molecular flexibility index (Phi) is 4.00. The SMILES string of the molecule is CC1OCCC1(CBr)CCS(C)(=O)=O. The largest absolute Gasteiger partial charge is 0.378 e. The van der Waals surface area contributed by atoms with Crippen molar-refractivity contribution < 1.29 is 13.2 Å². The van der Waals surface area contributed by atoms with E-state index in [-0.39, 0.29) is 17.3 Å². The first kappa shape index (κ1) is 12.5. The lowest BCUT2D eigenvalue weighted by Gasteiger charge is -2.29. The summed E-state index contributed by atoms with van der Waals surface area (Å²) in [5.74, 6) is 0.256. The van der Waals surface area contributed by atoms with Crippen LogP contribution in [0.1, 0.15) is 19.8 Å². The average Bonchev–Trinajstić information content (AvgIpc) is 2.43. The van der Waals surface area contributed by atoms with E-state index in [1.54, 1.807) is 0 Å². The van der Waals surface area contributed by atoms with Crippen molar-refractivity contribution >= 4 is 25.8 Å². The van der Waals surface area contributed by atoms with Crippen LogP contribution in [0.3, 0.4) is 0 Å². The van der Waals surface area contributed by atoms with Gasteiger partial charge in [-0.2, -0.15) is 0 Å². The van der Waals surface area contributed by atoms with Crippen LogP contribution in [-0.4, -0.2) is 38.5 Å². The van der Waals surface area contributed by atoms with Crippen LogP contribution in [0.15, 0.2) is 0 Å². The molecule has 84 valence electrons. The summed E-state index contributed by atoms with van der Waals surface area (Å²) in [6, 6.07) is 0. The minimum absolute atomic E-state index is 0.0169. The van der Waals surface area contributed by atoms with E-state index in [4.69, 9.17) is 4.74 Å². The van der Waals surface area contributed by atoms with Gasteiger partial charge >= 0.3 is 0 Å². The maximum absolute atomic E-state index is 11.1. The first-order chi connectivity index (χ1) is 6.40. The lowest BCUT2D eigenvalue weighted by molar-refractivity contribution is 0.0732. The Morgan fingerprint density at radius 1 is 1.57 bits per heavy atom. The van der Waals surface area contributed by atoms with Gasteiger partial charge in [-0.1, -0.05) is 15.9 Å². The predicted octanol–water partition coefficient (Wildman–Crippen LogP) is 1.61. The number of sulfone groups is 1. The molecule has 2 atom stereocenters. The predicted molar refractivity (Wildman–Crippen MR) is 60.6 cm³/mol. The van der Waals surface area contributed by atoms with Gasteiger partial charge in [-0.05, 0) is 19.8 Å². The molecule has 0 aromatic carbocycles. The fourth-order valence-electron chi connectivity index (χ4n) is 1.78. The maximum Gasteiger partial charge on any atom is 0.147 e. The van der Waals surface area contributed by atoms with Crippen LogP contribution < -0.4 is 0 Å². The van der Waals surface area contributed by atoms with Crippen molar-refractivity contribution in [3.05, 3.63) is 0 Å². The van der Waals surface area contributed by atoms with Gasteiger partial charge in [0.1, 0.15) is 9.84 Å². The van der Waals surface area contributed by atoms with Gasteiger partial charge in [0.2, 0.25) is 0 Å². The Bertz CT molecular complexity index is 288. The first-order valence-electron chi connectivity index (χ1n) is 4.75. The lowest BCUT2D eigenvalue weighted by Crippen LogP contribution is -2.32. The van der Waals surface area contributed by atoms with Crippen LogP contribution in [-0.2, 0) is 14.6 Å². The molecule has 0 radical (unpaired) electrons. The third kappa shape index (κ3) is 2.94.